The minimum atomic E-state index is -2.17. The number of amides is 1. The number of hydrogen-bond donors (Lipinski definition) is 2. The van der Waals surface area contributed by atoms with E-state index in [2.05, 4.69) is 5.32 Å². The Kier molecular flexibility index (Phi) is 7.93. The summed E-state index contributed by atoms with van der Waals surface area (Å²) in [5.74, 6) is -5.37. The normalized spacial score (nSPS) is 12.2. The predicted molar refractivity (Wildman–Crippen MR) is 123 cm³/mol. The van der Waals surface area contributed by atoms with Gasteiger partial charge in [0.05, 0.1) is 11.1 Å². The molecular formula is C26H22FNO7. The monoisotopic (exact) mass is 479 g/mol. The molecular weight excluding hydrogens is 457 g/mol. The summed E-state index contributed by atoms with van der Waals surface area (Å²) in [5, 5.41) is 12.1. The van der Waals surface area contributed by atoms with E-state index in [-0.39, 0.29) is 16.8 Å². The lowest BCUT2D eigenvalue weighted by atomic mass is 10.1. The number of ether oxygens (including phenoxy) is 2. The van der Waals surface area contributed by atoms with Gasteiger partial charge in [-0.05, 0) is 62.4 Å². The largest absolute Gasteiger partial charge is 0.478 e. The number of carboxylic acids is 1. The van der Waals surface area contributed by atoms with Gasteiger partial charge in [-0.25, -0.2) is 18.8 Å². The van der Waals surface area contributed by atoms with Crippen molar-refractivity contribution in [1.29, 1.82) is 0 Å². The number of anilines is 1. The Morgan fingerprint density at radius 1 is 0.714 bits per heavy atom. The second kappa shape index (κ2) is 11.1. The van der Waals surface area contributed by atoms with E-state index >= 15 is 0 Å². The number of carbonyl (C=O) groups excluding carboxylic acids is 3. The van der Waals surface area contributed by atoms with Gasteiger partial charge < -0.3 is 19.9 Å². The zero-order chi connectivity index (χ0) is 25.5. The average molecular weight is 479 g/mol. The van der Waals surface area contributed by atoms with Gasteiger partial charge in [-0.15, -0.1) is 0 Å². The molecule has 180 valence electrons. The van der Waals surface area contributed by atoms with Crippen molar-refractivity contribution in [2.75, 3.05) is 5.32 Å². The molecule has 2 atom stereocenters. The smallest absolute Gasteiger partial charge is 0.349 e. The summed E-state index contributed by atoms with van der Waals surface area (Å²) in [7, 11) is 0. The Labute approximate surface area is 200 Å². The van der Waals surface area contributed by atoms with Crippen LogP contribution in [0.4, 0.5) is 10.1 Å². The van der Waals surface area contributed by atoms with Crippen molar-refractivity contribution in [3.8, 4) is 0 Å². The summed E-state index contributed by atoms with van der Waals surface area (Å²) >= 11 is 0. The second-order valence-corrected chi connectivity index (χ2v) is 7.72. The molecule has 8 nitrogen and oxygen atoms in total. The Hall–Kier alpha value is -4.53. The van der Waals surface area contributed by atoms with E-state index in [1.165, 1.54) is 36.4 Å². The van der Waals surface area contributed by atoms with Crippen molar-refractivity contribution in [2.24, 2.45) is 0 Å². The SMILES string of the molecule is Cc1ccc(C(=O)O[C@H](C(=O)O)[C@H](OC(=O)c2ccc(C)cc2)C(=O)Nc2ccc(F)cc2)cc1. The maximum Gasteiger partial charge on any atom is 0.349 e. The molecule has 3 rings (SSSR count). The highest BCUT2D eigenvalue weighted by atomic mass is 19.1. The van der Waals surface area contributed by atoms with Gasteiger partial charge in [0.1, 0.15) is 5.82 Å². The van der Waals surface area contributed by atoms with Crippen LogP contribution in [-0.2, 0) is 19.1 Å². The Balaban J connectivity index is 1.90. The van der Waals surface area contributed by atoms with Crippen molar-refractivity contribution in [1.82, 2.24) is 0 Å². The number of benzene rings is 3. The quantitative estimate of drug-likeness (QED) is 0.470. The first-order chi connectivity index (χ1) is 16.6. The van der Waals surface area contributed by atoms with Gasteiger partial charge in [0.15, 0.2) is 0 Å². The Morgan fingerprint density at radius 2 is 1.14 bits per heavy atom. The average Bonchev–Trinajstić information content (AvgIpc) is 2.83. The second-order valence-electron chi connectivity index (χ2n) is 7.72. The summed E-state index contributed by atoms with van der Waals surface area (Å²) < 4.78 is 23.5. The Morgan fingerprint density at radius 3 is 1.57 bits per heavy atom. The van der Waals surface area contributed by atoms with Gasteiger partial charge in [0.25, 0.3) is 5.91 Å². The fourth-order valence-corrected chi connectivity index (χ4v) is 2.99. The molecule has 3 aromatic carbocycles. The van der Waals surface area contributed by atoms with Crippen LogP contribution in [0.2, 0.25) is 0 Å². The third-order valence-corrected chi connectivity index (χ3v) is 4.93. The highest BCUT2D eigenvalue weighted by molar-refractivity contribution is 6.01. The van der Waals surface area contributed by atoms with Crippen molar-refractivity contribution in [3.63, 3.8) is 0 Å². The fraction of sp³-hybridized carbons (Fsp3) is 0.154. The maximum atomic E-state index is 13.2. The molecule has 1 amide bonds. The number of aliphatic carboxylic acids is 1. The van der Waals surface area contributed by atoms with Gasteiger partial charge in [0, 0.05) is 5.69 Å². The van der Waals surface area contributed by atoms with E-state index in [0.717, 1.165) is 23.3 Å². The molecule has 0 aliphatic heterocycles. The number of esters is 2. The first-order valence-corrected chi connectivity index (χ1v) is 10.5. The van der Waals surface area contributed by atoms with Crippen LogP contribution in [0.5, 0.6) is 0 Å². The minimum absolute atomic E-state index is 0.0457. The van der Waals surface area contributed by atoms with Crippen LogP contribution in [0.15, 0.2) is 72.8 Å². The van der Waals surface area contributed by atoms with E-state index in [0.29, 0.717) is 0 Å². The summed E-state index contributed by atoms with van der Waals surface area (Å²) in [6.07, 6.45) is -4.22. The molecule has 0 fully saturated rings. The molecule has 0 saturated carbocycles. The molecule has 0 saturated heterocycles. The van der Waals surface area contributed by atoms with Crippen LogP contribution in [0.3, 0.4) is 0 Å². The lowest BCUT2D eigenvalue weighted by Crippen LogP contribution is -2.48. The first kappa shape index (κ1) is 25.1. The lowest BCUT2D eigenvalue weighted by Gasteiger charge is -2.23. The number of halogens is 1. The molecule has 0 aliphatic carbocycles. The molecule has 2 N–H and O–H groups in total. The van der Waals surface area contributed by atoms with Gasteiger partial charge in [-0.3, -0.25) is 4.79 Å². The van der Waals surface area contributed by atoms with E-state index in [1.54, 1.807) is 38.1 Å². The third-order valence-electron chi connectivity index (χ3n) is 4.93. The molecule has 0 bridgehead atoms. The van der Waals surface area contributed by atoms with Crippen LogP contribution >= 0.6 is 0 Å². The molecule has 0 unspecified atom stereocenters. The molecule has 9 heteroatoms. The van der Waals surface area contributed by atoms with E-state index in [4.69, 9.17) is 9.47 Å². The van der Waals surface area contributed by atoms with Crippen molar-refractivity contribution in [2.45, 2.75) is 26.1 Å². The van der Waals surface area contributed by atoms with E-state index in [9.17, 15) is 28.7 Å². The van der Waals surface area contributed by atoms with E-state index < -0.39 is 41.8 Å². The van der Waals surface area contributed by atoms with Gasteiger partial charge >= 0.3 is 17.9 Å². The molecule has 0 spiro atoms. The number of carbonyl (C=O) groups is 4. The summed E-state index contributed by atoms with van der Waals surface area (Å²) in [5.41, 5.74) is 1.94. The topological polar surface area (TPSA) is 119 Å². The number of carboxylic acid groups (broad SMARTS) is 1. The van der Waals surface area contributed by atoms with Gasteiger partial charge in [0.2, 0.25) is 12.2 Å². The number of rotatable bonds is 8. The zero-order valence-corrected chi connectivity index (χ0v) is 18.9. The van der Waals surface area contributed by atoms with Crippen molar-refractivity contribution < 1.29 is 38.1 Å². The van der Waals surface area contributed by atoms with Crippen LogP contribution in [0.1, 0.15) is 31.8 Å². The Bertz CT molecular complexity index is 1220. The maximum absolute atomic E-state index is 13.2. The molecule has 0 radical (unpaired) electrons. The number of nitrogens with one attached hydrogen (secondary N) is 1. The third kappa shape index (κ3) is 6.73. The fourth-order valence-electron chi connectivity index (χ4n) is 2.99. The summed E-state index contributed by atoms with van der Waals surface area (Å²) in [6, 6.07) is 16.9. The van der Waals surface area contributed by atoms with Crippen molar-refractivity contribution in [3.05, 3.63) is 101 Å². The highest BCUT2D eigenvalue weighted by Crippen LogP contribution is 2.17. The molecule has 0 heterocycles. The van der Waals surface area contributed by atoms with Crippen molar-refractivity contribution >= 4 is 29.5 Å². The first-order valence-electron chi connectivity index (χ1n) is 10.5. The molecule has 3 aromatic rings. The number of hydrogen-bond acceptors (Lipinski definition) is 6. The zero-order valence-electron chi connectivity index (χ0n) is 18.9. The summed E-state index contributed by atoms with van der Waals surface area (Å²) in [4.78, 5) is 50.3. The van der Waals surface area contributed by atoms with Crippen LogP contribution in [0.25, 0.3) is 0 Å². The van der Waals surface area contributed by atoms with Crippen LogP contribution in [0, 0.1) is 19.7 Å². The standard InChI is InChI=1S/C26H22FNO7/c1-15-3-7-17(8-4-15)25(32)34-21(23(29)28-20-13-11-19(27)12-14-20)22(24(30)31)35-26(33)18-9-5-16(2)6-10-18/h3-14,21-22H,1-2H3,(H,28,29)(H,30,31)/t21-,22-/m0/s1. The summed E-state index contributed by atoms with van der Waals surface area (Å²) in [6.45, 7) is 3.61. The van der Waals surface area contributed by atoms with Crippen LogP contribution in [-0.4, -0.2) is 41.1 Å². The van der Waals surface area contributed by atoms with Gasteiger partial charge in [-0.1, -0.05) is 35.4 Å². The molecule has 0 aromatic heterocycles. The van der Waals surface area contributed by atoms with E-state index in [1.807, 2.05) is 0 Å². The lowest BCUT2D eigenvalue weighted by molar-refractivity contribution is -0.157. The molecule has 0 aliphatic rings. The molecule has 35 heavy (non-hydrogen) atoms. The highest BCUT2D eigenvalue weighted by Gasteiger charge is 2.41. The predicted octanol–water partition coefficient (Wildman–Crippen LogP) is 3.92. The van der Waals surface area contributed by atoms with Gasteiger partial charge in [-0.2, -0.15) is 0 Å². The van der Waals surface area contributed by atoms with Crippen LogP contribution < -0.4 is 5.32 Å². The number of aryl methyl sites for hydroxylation is 2. The minimum Gasteiger partial charge on any atom is -0.478 e.